The summed E-state index contributed by atoms with van der Waals surface area (Å²) < 4.78 is 0. The van der Waals surface area contributed by atoms with E-state index in [0.717, 1.165) is 37.8 Å². The number of carbonyl (C=O) groups is 1. The molecule has 0 bridgehead atoms. The third-order valence-electron chi connectivity index (χ3n) is 4.38. The molecule has 3 rings (SSSR count). The van der Waals surface area contributed by atoms with E-state index in [0.29, 0.717) is 6.54 Å². The number of aliphatic hydroxyl groups is 1. The summed E-state index contributed by atoms with van der Waals surface area (Å²) in [6, 6.07) is 10.0. The van der Waals surface area contributed by atoms with Crippen molar-refractivity contribution >= 4 is 5.91 Å². The number of benzene rings is 1. The van der Waals surface area contributed by atoms with Crippen molar-refractivity contribution in [1.82, 2.24) is 4.90 Å². The van der Waals surface area contributed by atoms with Crippen molar-refractivity contribution in [3.05, 3.63) is 35.9 Å². The molecule has 1 aliphatic heterocycles. The van der Waals surface area contributed by atoms with Crippen LogP contribution in [0.1, 0.15) is 31.2 Å². The van der Waals surface area contributed by atoms with E-state index in [4.69, 9.17) is 0 Å². The number of hydrogen-bond donors (Lipinski definition) is 1. The molecule has 18 heavy (non-hydrogen) atoms. The Kier molecular flexibility index (Phi) is 2.86. The Morgan fingerprint density at radius 2 is 2.00 bits per heavy atom. The van der Waals surface area contributed by atoms with Crippen LogP contribution >= 0.6 is 0 Å². The molecule has 0 spiro atoms. The minimum atomic E-state index is -0.692. The van der Waals surface area contributed by atoms with Gasteiger partial charge in [-0.15, -0.1) is 0 Å². The summed E-state index contributed by atoms with van der Waals surface area (Å²) in [6.07, 6.45) is 3.45. The number of carbonyl (C=O) groups excluding carboxylic acids is 1. The lowest BCUT2D eigenvalue weighted by molar-refractivity contribution is -0.146. The normalized spacial score (nSPS) is 26.2. The van der Waals surface area contributed by atoms with Gasteiger partial charge in [0, 0.05) is 13.1 Å². The van der Waals surface area contributed by atoms with E-state index in [9.17, 15) is 9.90 Å². The average molecular weight is 245 g/mol. The maximum atomic E-state index is 12.3. The fraction of sp³-hybridized carbons (Fsp3) is 0.533. The lowest BCUT2D eigenvalue weighted by Gasteiger charge is -2.40. The van der Waals surface area contributed by atoms with Gasteiger partial charge in [-0.3, -0.25) is 4.79 Å². The third-order valence-corrected chi connectivity index (χ3v) is 4.38. The largest absolute Gasteiger partial charge is 0.389 e. The molecule has 1 N–H and O–H groups in total. The first-order valence-corrected chi connectivity index (χ1v) is 6.74. The Balaban J connectivity index is 1.68. The topological polar surface area (TPSA) is 40.5 Å². The fourth-order valence-corrected chi connectivity index (χ4v) is 3.09. The summed E-state index contributed by atoms with van der Waals surface area (Å²) in [7, 11) is 0. The van der Waals surface area contributed by atoms with Crippen LogP contribution in [-0.2, 0) is 11.3 Å². The Hall–Kier alpha value is -1.35. The van der Waals surface area contributed by atoms with Gasteiger partial charge in [0.15, 0.2) is 0 Å². The first-order chi connectivity index (χ1) is 8.69. The van der Waals surface area contributed by atoms with Crippen LogP contribution in [0.4, 0.5) is 0 Å². The van der Waals surface area contributed by atoms with Crippen molar-refractivity contribution in [2.75, 3.05) is 6.54 Å². The highest BCUT2D eigenvalue weighted by Gasteiger charge is 2.49. The van der Waals surface area contributed by atoms with Crippen LogP contribution in [0.15, 0.2) is 30.3 Å². The van der Waals surface area contributed by atoms with Gasteiger partial charge in [0.05, 0.1) is 11.5 Å². The molecule has 0 aromatic heterocycles. The van der Waals surface area contributed by atoms with E-state index in [1.807, 2.05) is 35.2 Å². The van der Waals surface area contributed by atoms with Crippen molar-refractivity contribution in [3.63, 3.8) is 0 Å². The van der Waals surface area contributed by atoms with Crippen molar-refractivity contribution in [2.24, 2.45) is 5.92 Å². The van der Waals surface area contributed by atoms with Crippen LogP contribution in [0.25, 0.3) is 0 Å². The zero-order valence-corrected chi connectivity index (χ0v) is 10.5. The molecule has 0 radical (unpaired) electrons. The minimum absolute atomic E-state index is 0.140. The lowest BCUT2D eigenvalue weighted by atomic mass is 9.70. The molecule has 3 heteroatoms. The number of likely N-dealkylation sites (tertiary alicyclic amines) is 1. The van der Waals surface area contributed by atoms with E-state index in [1.54, 1.807) is 0 Å². The number of nitrogens with zero attached hydrogens (tertiary/aromatic N) is 1. The van der Waals surface area contributed by atoms with Crippen molar-refractivity contribution in [3.8, 4) is 0 Å². The highest BCUT2D eigenvalue weighted by atomic mass is 16.3. The lowest BCUT2D eigenvalue weighted by Crippen LogP contribution is -2.47. The fourth-order valence-electron chi connectivity index (χ4n) is 3.09. The van der Waals surface area contributed by atoms with Gasteiger partial charge < -0.3 is 10.0 Å². The molecule has 96 valence electrons. The van der Waals surface area contributed by atoms with Gasteiger partial charge in [-0.05, 0) is 31.2 Å². The predicted molar refractivity (Wildman–Crippen MR) is 68.8 cm³/mol. The van der Waals surface area contributed by atoms with E-state index in [-0.39, 0.29) is 11.8 Å². The van der Waals surface area contributed by atoms with Gasteiger partial charge in [0.2, 0.25) is 5.91 Å². The minimum Gasteiger partial charge on any atom is -0.389 e. The maximum Gasteiger partial charge on any atom is 0.228 e. The molecule has 0 unspecified atom stereocenters. The number of rotatable bonds is 3. The summed E-state index contributed by atoms with van der Waals surface area (Å²) in [5, 5.41) is 10.3. The third kappa shape index (κ3) is 1.93. The maximum absolute atomic E-state index is 12.3. The van der Waals surface area contributed by atoms with Gasteiger partial charge in [-0.1, -0.05) is 30.3 Å². The summed E-state index contributed by atoms with van der Waals surface area (Å²) >= 11 is 0. The van der Waals surface area contributed by atoms with Crippen LogP contribution in [0.2, 0.25) is 0 Å². The zero-order valence-electron chi connectivity index (χ0n) is 10.5. The molecule has 1 saturated heterocycles. The second-order valence-electron chi connectivity index (χ2n) is 5.54. The summed E-state index contributed by atoms with van der Waals surface area (Å²) in [5.41, 5.74) is 0.467. The van der Waals surface area contributed by atoms with Crippen LogP contribution in [-0.4, -0.2) is 28.1 Å². The van der Waals surface area contributed by atoms with Crippen molar-refractivity contribution in [1.29, 1.82) is 0 Å². The molecular weight excluding hydrogens is 226 g/mol. The van der Waals surface area contributed by atoms with Gasteiger partial charge >= 0.3 is 0 Å². The van der Waals surface area contributed by atoms with Gasteiger partial charge in [0.1, 0.15) is 0 Å². The summed E-state index contributed by atoms with van der Waals surface area (Å²) in [6.45, 7) is 1.45. The molecule has 1 aromatic rings. The molecule has 1 heterocycles. The van der Waals surface area contributed by atoms with Gasteiger partial charge in [0.25, 0.3) is 0 Å². The Morgan fingerprint density at radius 3 is 2.61 bits per heavy atom. The Labute approximate surface area is 107 Å². The van der Waals surface area contributed by atoms with Gasteiger partial charge in [-0.2, -0.15) is 0 Å². The summed E-state index contributed by atoms with van der Waals surface area (Å²) in [4.78, 5) is 14.2. The molecule has 1 saturated carbocycles. The molecule has 1 aliphatic carbocycles. The second-order valence-corrected chi connectivity index (χ2v) is 5.54. The van der Waals surface area contributed by atoms with Crippen LogP contribution in [0, 0.1) is 5.92 Å². The average Bonchev–Trinajstić information content (AvgIpc) is 2.70. The SMILES string of the molecule is O=C1[C@@H](C2(O)CCC2)CCN1Cc1ccccc1. The second kappa shape index (κ2) is 4.39. The van der Waals surface area contributed by atoms with E-state index in [2.05, 4.69) is 0 Å². The van der Waals surface area contributed by atoms with E-state index in [1.165, 1.54) is 0 Å². The standard InChI is InChI=1S/C15H19NO2/c17-14-13(15(18)8-4-9-15)7-10-16(14)11-12-5-2-1-3-6-12/h1-3,5-6,13,18H,4,7-11H2/t13-/m0/s1. The number of amides is 1. The first-order valence-electron chi connectivity index (χ1n) is 6.74. The molecular formula is C15H19NO2. The van der Waals surface area contributed by atoms with Crippen molar-refractivity contribution in [2.45, 2.75) is 37.8 Å². The first kappa shape index (κ1) is 11.7. The molecule has 1 aromatic carbocycles. The highest BCUT2D eigenvalue weighted by molar-refractivity contribution is 5.82. The van der Waals surface area contributed by atoms with E-state index < -0.39 is 5.60 Å². The summed E-state index contributed by atoms with van der Waals surface area (Å²) in [5.74, 6) is -0.0176. The molecule has 1 amide bonds. The smallest absolute Gasteiger partial charge is 0.228 e. The molecule has 3 nitrogen and oxygen atoms in total. The molecule has 1 atom stereocenters. The van der Waals surface area contributed by atoms with Gasteiger partial charge in [-0.25, -0.2) is 0 Å². The Bertz CT molecular complexity index is 439. The highest BCUT2D eigenvalue weighted by Crippen LogP contribution is 2.43. The van der Waals surface area contributed by atoms with Crippen LogP contribution in [0.3, 0.4) is 0 Å². The van der Waals surface area contributed by atoms with Crippen LogP contribution in [0.5, 0.6) is 0 Å². The Morgan fingerprint density at radius 1 is 1.28 bits per heavy atom. The quantitative estimate of drug-likeness (QED) is 0.884. The van der Waals surface area contributed by atoms with Crippen molar-refractivity contribution < 1.29 is 9.90 Å². The van der Waals surface area contributed by atoms with E-state index >= 15 is 0 Å². The number of hydrogen-bond acceptors (Lipinski definition) is 2. The van der Waals surface area contributed by atoms with Crippen LogP contribution < -0.4 is 0 Å². The monoisotopic (exact) mass is 245 g/mol. The molecule has 2 aliphatic rings. The zero-order chi connectivity index (χ0) is 12.6. The molecule has 2 fully saturated rings. The predicted octanol–water partition coefficient (Wildman–Crippen LogP) is 1.95.